The highest BCUT2D eigenvalue weighted by Crippen LogP contribution is 2.24. The summed E-state index contributed by atoms with van der Waals surface area (Å²) in [4.78, 5) is 14.2. The van der Waals surface area contributed by atoms with Gasteiger partial charge in [0.2, 0.25) is 5.91 Å². The predicted molar refractivity (Wildman–Crippen MR) is 95.5 cm³/mol. The van der Waals surface area contributed by atoms with Gasteiger partial charge in [-0.2, -0.15) is 0 Å². The van der Waals surface area contributed by atoms with Crippen LogP contribution in [0.5, 0.6) is 0 Å². The van der Waals surface area contributed by atoms with E-state index in [0.717, 1.165) is 16.5 Å². The maximum absolute atomic E-state index is 12.3. The van der Waals surface area contributed by atoms with Crippen LogP contribution in [0.25, 0.3) is 11.4 Å². The molecule has 25 heavy (non-hydrogen) atoms. The number of thioether (sulfide) groups is 1. The minimum Gasteiger partial charge on any atom is -0.383 e. The first-order valence-electron chi connectivity index (χ1n) is 8.25. The summed E-state index contributed by atoms with van der Waals surface area (Å²) in [6.45, 7) is 3.73. The number of ether oxygens (including phenoxy) is 2. The zero-order valence-corrected chi connectivity index (χ0v) is 15.1. The van der Waals surface area contributed by atoms with E-state index in [4.69, 9.17) is 9.47 Å². The summed E-state index contributed by atoms with van der Waals surface area (Å²) in [5, 5.41) is 9.34. The van der Waals surface area contributed by atoms with Gasteiger partial charge in [0.25, 0.3) is 0 Å². The van der Waals surface area contributed by atoms with Gasteiger partial charge < -0.3 is 14.4 Å². The number of methoxy groups -OCH3 is 1. The minimum atomic E-state index is 0.107. The lowest BCUT2D eigenvalue weighted by Crippen LogP contribution is -2.41. The Morgan fingerprint density at radius 2 is 2.00 bits per heavy atom. The Balaban J connectivity index is 1.71. The molecule has 0 radical (unpaired) electrons. The molecule has 0 saturated carbocycles. The molecule has 0 spiro atoms. The second kappa shape index (κ2) is 8.98. The van der Waals surface area contributed by atoms with Crippen LogP contribution in [0.3, 0.4) is 0 Å². The van der Waals surface area contributed by atoms with E-state index in [1.807, 2.05) is 39.8 Å². The molecule has 0 N–H and O–H groups in total. The van der Waals surface area contributed by atoms with Crippen molar-refractivity contribution in [3.8, 4) is 11.4 Å². The van der Waals surface area contributed by atoms with E-state index in [-0.39, 0.29) is 5.91 Å². The topological polar surface area (TPSA) is 69.5 Å². The zero-order valence-electron chi connectivity index (χ0n) is 14.3. The van der Waals surface area contributed by atoms with Gasteiger partial charge in [-0.15, -0.1) is 10.2 Å². The molecule has 1 aromatic carbocycles. The quantitative estimate of drug-likeness (QED) is 0.696. The fraction of sp³-hybridized carbons (Fsp3) is 0.471. The summed E-state index contributed by atoms with van der Waals surface area (Å²) in [6.07, 6.45) is 0. The number of amides is 1. The normalized spacial score (nSPS) is 14.7. The number of hydrogen-bond donors (Lipinski definition) is 0. The van der Waals surface area contributed by atoms with Crippen LogP contribution in [0.4, 0.5) is 0 Å². The first-order chi connectivity index (χ1) is 12.3. The van der Waals surface area contributed by atoms with E-state index in [1.165, 1.54) is 11.8 Å². The summed E-state index contributed by atoms with van der Waals surface area (Å²) >= 11 is 1.42. The van der Waals surface area contributed by atoms with E-state index in [9.17, 15) is 4.79 Å². The molecule has 3 rings (SSSR count). The summed E-state index contributed by atoms with van der Waals surface area (Å²) in [5.74, 6) is 1.25. The molecule has 1 saturated heterocycles. The van der Waals surface area contributed by atoms with Gasteiger partial charge in [-0.05, 0) is 0 Å². The van der Waals surface area contributed by atoms with Crippen molar-refractivity contribution in [1.29, 1.82) is 0 Å². The molecular weight excluding hydrogens is 340 g/mol. The van der Waals surface area contributed by atoms with E-state index in [0.29, 0.717) is 45.2 Å². The lowest BCUT2D eigenvalue weighted by Gasteiger charge is -2.26. The van der Waals surface area contributed by atoms with Gasteiger partial charge >= 0.3 is 0 Å². The highest BCUT2D eigenvalue weighted by atomic mass is 32.2. The van der Waals surface area contributed by atoms with Crippen molar-refractivity contribution < 1.29 is 14.3 Å². The molecule has 0 aliphatic carbocycles. The van der Waals surface area contributed by atoms with Crippen molar-refractivity contribution >= 4 is 17.7 Å². The SMILES string of the molecule is COCCn1c(SCC(=O)N2CCOCC2)nnc1-c1ccccc1. The van der Waals surface area contributed by atoms with Crippen molar-refractivity contribution in [2.24, 2.45) is 0 Å². The van der Waals surface area contributed by atoms with Gasteiger partial charge in [0.05, 0.1) is 32.1 Å². The number of carbonyl (C=O) groups is 1. The Kier molecular flexibility index (Phi) is 6.43. The van der Waals surface area contributed by atoms with Crippen molar-refractivity contribution in [2.45, 2.75) is 11.7 Å². The largest absolute Gasteiger partial charge is 0.383 e. The maximum Gasteiger partial charge on any atom is 0.233 e. The summed E-state index contributed by atoms with van der Waals surface area (Å²) < 4.78 is 12.5. The van der Waals surface area contributed by atoms with Crippen molar-refractivity contribution in [2.75, 3.05) is 45.8 Å². The third-order valence-corrected chi connectivity index (χ3v) is 4.91. The van der Waals surface area contributed by atoms with Crippen LogP contribution in [-0.2, 0) is 20.8 Å². The second-order valence-corrected chi connectivity index (χ2v) is 6.54. The number of aromatic nitrogens is 3. The maximum atomic E-state index is 12.3. The van der Waals surface area contributed by atoms with Crippen molar-refractivity contribution in [3.63, 3.8) is 0 Å². The molecule has 1 amide bonds. The lowest BCUT2D eigenvalue weighted by molar-refractivity contribution is -0.132. The average molecular weight is 362 g/mol. The van der Waals surface area contributed by atoms with Gasteiger partial charge in [0.15, 0.2) is 11.0 Å². The Labute approximate surface area is 151 Å². The number of morpholine rings is 1. The molecular formula is C17H22N4O3S. The Morgan fingerprint density at radius 3 is 2.72 bits per heavy atom. The number of benzene rings is 1. The molecule has 7 nitrogen and oxygen atoms in total. The monoisotopic (exact) mass is 362 g/mol. The molecule has 0 bridgehead atoms. The van der Waals surface area contributed by atoms with Crippen LogP contribution in [-0.4, -0.2) is 71.3 Å². The third-order valence-electron chi connectivity index (χ3n) is 3.96. The van der Waals surface area contributed by atoms with Gasteiger partial charge in [-0.1, -0.05) is 42.1 Å². The standard InChI is InChI=1S/C17H22N4O3S/c1-23-10-9-21-16(14-5-3-2-4-6-14)18-19-17(21)25-13-15(22)20-7-11-24-12-8-20/h2-6H,7-13H2,1H3. The minimum absolute atomic E-state index is 0.107. The summed E-state index contributed by atoms with van der Waals surface area (Å²) in [6, 6.07) is 9.91. The predicted octanol–water partition coefficient (Wildman–Crippen LogP) is 1.54. The first kappa shape index (κ1) is 17.9. The van der Waals surface area contributed by atoms with E-state index in [1.54, 1.807) is 7.11 Å². The highest BCUT2D eigenvalue weighted by molar-refractivity contribution is 7.99. The van der Waals surface area contributed by atoms with Crippen LogP contribution >= 0.6 is 11.8 Å². The molecule has 1 aliphatic heterocycles. The van der Waals surface area contributed by atoms with Crippen LogP contribution in [0.1, 0.15) is 0 Å². The average Bonchev–Trinajstić information content (AvgIpc) is 3.08. The third kappa shape index (κ3) is 4.59. The highest BCUT2D eigenvalue weighted by Gasteiger charge is 2.19. The fourth-order valence-electron chi connectivity index (χ4n) is 2.61. The zero-order chi connectivity index (χ0) is 17.5. The van der Waals surface area contributed by atoms with Gasteiger partial charge in [-0.3, -0.25) is 9.36 Å². The molecule has 2 aromatic rings. The van der Waals surface area contributed by atoms with Crippen molar-refractivity contribution in [3.05, 3.63) is 30.3 Å². The molecule has 1 aromatic heterocycles. The van der Waals surface area contributed by atoms with Crippen molar-refractivity contribution in [1.82, 2.24) is 19.7 Å². The summed E-state index contributed by atoms with van der Waals surface area (Å²) in [5.41, 5.74) is 0.998. The van der Waals surface area contributed by atoms with Crippen LogP contribution < -0.4 is 0 Å². The number of carbonyl (C=O) groups excluding carboxylic acids is 1. The molecule has 134 valence electrons. The molecule has 8 heteroatoms. The van der Waals surface area contributed by atoms with E-state index < -0.39 is 0 Å². The molecule has 0 unspecified atom stereocenters. The Morgan fingerprint density at radius 1 is 1.24 bits per heavy atom. The van der Waals surface area contributed by atoms with Gasteiger partial charge in [0.1, 0.15) is 0 Å². The molecule has 0 atom stereocenters. The molecule has 1 aliphatic rings. The Bertz CT molecular complexity index is 686. The number of rotatable bonds is 7. The Hall–Kier alpha value is -1.90. The van der Waals surface area contributed by atoms with Gasteiger partial charge in [0, 0.05) is 25.8 Å². The number of nitrogens with zero attached hydrogens (tertiary/aromatic N) is 4. The lowest BCUT2D eigenvalue weighted by atomic mass is 10.2. The smallest absolute Gasteiger partial charge is 0.233 e. The summed E-state index contributed by atoms with van der Waals surface area (Å²) in [7, 11) is 1.67. The second-order valence-electron chi connectivity index (χ2n) is 5.60. The van der Waals surface area contributed by atoms with Crippen LogP contribution in [0, 0.1) is 0 Å². The van der Waals surface area contributed by atoms with Crippen LogP contribution in [0.15, 0.2) is 35.5 Å². The van der Waals surface area contributed by atoms with E-state index in [2.05, 4.69) is 10.2 Å². The van der Waals surface area contributed by atoms with E-state index >= 15 is 0 Å². The molecule has 1 fully saturated rings. The van der Waals surface area contributed by atoms with Gasteiger partial charge in [-0.25, -0.2) is 0 Å². The first-order valence-corrected chi connectivity index (χ1v) is 9.24. The fourth-order valence-corrected chi connectivity index (χ4v) is 3.48. The number of hydrogen-bond acceptors (Lipinski definition) is 6. The van der Waals surface area contributed by atoms with Crippen LogP contribution in [0.2, 0.25) is 0 Å². The molecule has 2 heterocycles.